The third-order valence-corrected chi connectivity index (χ3v) is 2.68. The van der Waals surface area contributed by atoms with Gasteiger partial charge in [0.05, 0.1) is 7.11 Å². The Kier molecular flexibility index (Phi) is 2.65. The largest absolute Gasteiger partial charge is 0.469 e. The van der Waals surface area contributed by atoms with E-state index in [-0.39, 0.29) is 18.1 Å². The highest BCUT2D eigenvalue weighted by Crippen LogP contribution is 2.39. The van der Waals surface area contributed by atoms with Gasteiger partial charge in [0.2, 0.25) is 0 Å². The predicted octanol–water partition coefficient (Wildman–Crippen LogP) is 0.902. The van der Waals surface area contributed by atoms with Gasteiger partial charge in [-0.2, -0.15) is 0 Å². The Morgan fingerprint density at radius 2 is 2.18 bits per heavy atom. The van der Waals surface area contributed by atoms with Gasteiger partial charge in [-0.3, -0.25) is 9.59 Å². The van der Waals surface area contributed by atoms with Crippen LogP contribution >= 0.6 is 15.9 Å². The number of methoxy groups -OCH3 is 1. The lowest BCUT2D eigenvalue weighted by molar-refractivity contribution is -0.143. The lowest BCUT2D eigenvalue weighted by Gasteiger charge is -1.95. The first-order chi connectivity index (χ1) is 5.15. The SMILES string of the molecule is COC(=O)CC(=O)C1CC1Br. The smallest absolute Gasteiger partial charge is 0.313 e. The summed E-state index contributed by atoms with van der Waals surface area (Å²) in [5.41, 5.74) is 0. The normalized spacial score (nSPS) is 27.8. The summed E-state index contributed by atoms with van der Waals surface area (Å²) in [7, 11) is 1.29. The van der Waals surface area contributed by atoms with Crippen molar-refractivity contribution in [3.8, 4) is 0 Å². The van der Waals surface area contributed by atoms with Crippen LogP contribution in [0.4, 0.5) is 0 Å². The van der Waals surface area contributed by atoms with Crippen molar-refractivity contribution in [2.75, 3.05) is 7.11 Å². The van der Waals surface area contributed by atoms with Gasteiger partial charge in [0, 0.05) is 10.7 Å². The van der Waals surface area contributed by atoms with Crippen LogP contribution in [0.5, 0.6) is 0 Å². The number of hydrogen-bond donors (Lipinski definition) is 0. The number of Topliss-reactive ketones (excluding diaryl/α,β-unsaturated/α-hetero) is 1. The van der Waals surface area contributed by atoms with Crippen molar-refractivity contribution in [3.63, 3.8) is 0 Å². The molecule has 2 unspecified atom stereocenters. The molecule has 0 bridgehead atoms. The molecule has 0 spiro atoms. The summed E-state index contributed by atoms with van der Waals surface area (Å²) in [6.07, 6.45) is 0.777. The number of carbonyl (C=O) groups excluding carboxylic acids is 2. The highest BCUT2D eigenvalue weighted by atomic mass is 79.9. The van der Waals surface area contributed by atoms with Gasteiger partial charge in [-0.15, -0.1) is 0 Å². The van der Waals surface area contributed by atoms with Crippen molar-refractivity contribution in [1.29, 1.82) is 0 Å². The molecule has 2 atom stereocenters. The van der Waals surface area contributed by atoms with Crippen LogP contribution in [-0.4, -0.2) is 23.7 Å². The Labute approximate surface area is 73.2 Å². The predicted molar refractivity (Wildman–Crippen MR) is 42.5 cm³/mol. The van der Waals surface area contributed by atoms with Crippen LogP contribution in [0, 0.1) is 5.92 Å². The van der Waals surface area contributed by atoms with Gasteiger partial charge in [-0.05, 0) is 6.42 Å². The molecule has 1 aliphatic carbocycles. The Morgan fingerprint density at radius 3 is 2.55 bits per heavy atom. The summed E-state index contributed by atoms with van der Waals surface area (Å²) in [6, 6.07) is 0. The second-order valence-corrected chi connectivity index (χ2v) is 3.75. The number of ether oxygens (including phenoxy) is 1. The zero-order valence-corrected chi connectivity index (χ0v) is 7.76. The highest BCUT2D eigenvalue weighted by Gasteiger charge is 2.41. The second-order valence-electron chi connectivity index (χ2n) is 2.58. The monoisotopic (exact) mass is 220 g/mol. The van der Waals surface area contributed by atoms with Crippen LogP contribution in [0.3, 0.4) is 0 Å². The topological polar surface area (TPSA) is 43.4 Å². The average molecular weight is 221 g/mol. The number of rotatable bonds is 3. The summed E-state index contributed by atoms with van der Waals surface area (Å²) in [4.78, 5) is 21.9. The molecule has 0 aliphatic heterocycles. The average Bonchev–Trinajstić information content (AvgIpc) is 2.66. The van der Waals surface area contributed by atoms with Gasteiger partial charge in [0.15, 0.2) is 0 Å². The number of hydrogen-bond acceptors (Lipinski definition) is 3. The van der Waals surface area contributed by atoms with Crippen molar-refractivity contribution < 1.29 is 14.3 Å². The first-order valence-electron chi connectivity index (χ1n) is 3.38. The molecule has 0 aromatic rings. The summed E-state index contributed by atoms with van der Waals surface area (Å²) in [6.45, 7) is 0. The van der Waals surface area contributed by atoms with Gasteiger partial charge < -0.3 is 4.74 Å². The number of ketones is 1. The number of halogens is 1. The first-order valence-corrected chi connectivity index (χ1v) is 4.30. The second kappa shape index (κ2) is 3.34. The van der Waals surface area contributed by atoms with Crippen LogP contribution in [0.15, 0.2) is 0 Å². The third kappa shape index (κ3) is 2.29. The summed E-state index contributed by atoms with van der Waals surface area (Å²) >= 11 is 3.29. The summed E-state index contributed by atoms with van der Waals surface area (Å²) in [5, 5.41) is 0. The zero-order chi connectivity index (χ0) is 8.43. The van der Waals surface area contributed by atoms with E-state index in [1.807, 2.05) is 0 Å². The van der Waals surface area contributed by atoms with Crippen LogP contribution in [-0.2, 0) is 14.3 Å². The van der Waals surface area contributed by atoms with E-state index in [1.54, 1.807) is 0 Å². The fourth-order valence-corrected chi connectivity index (χ4v) is 1.54. The van der Waals surface area contributed by atoms with Crippen molar-refractivity contribution in [2.24, 2.45) is 5.92 Å². The first kappa shape index (κ1) is 8.71. The lowest BCUT2D eigenvalue weighted by Crippen LogP contribution is -2.11. The minimum absolute atomic E-state index is 0.0151. The Balaban J connectivity index is 2.27. The van der Waals surface area contributed by atoms with Gasteiger partial charge in [0.1, 0.15) is 12.2 Å². The quantitative estimate of drug-likeness (QED) is 0.404. The van der Waals surface area contributed by atoms with E-state index < -0.39 is 5.97 Å². The lowest BCUT2D eigenvalue weighted by atomic mass is 10.2. The van der Waals surface area contributed by atoms with E-state index in [2.05, 4.69) is 20.7 Å². The maximum Gasteiger partial charge on any atom is 0.313 e. The molecule has 0 N–H and O–H groups in total. The molecule has 0 heterocycles. The molecular formula is C7H9BrO3. The zero-order valence-electron chi connectivity index (χ0n) is 6.17. The fourth-order valence-electron chi connectivity index (χ4n) is 0.843. The maximum atomic E-state index is 11.1. The minimum atomic E-state index is -0.443. The van der Waals surface area contributed by atoms with Crippen LogP contribution in [0.1, 0.15) is 12.8 Å². The number of alkyl halides is 1. The molecule has 11 heavy (non-hydrogen) atoms. The van der Waals surface area contributed by atoms with E-state index >= 15 is 0 Å². The molecule has 0 aromatic carbocycles. The van der Waals surface area contributed by atoms with Gasteiger partial charge in [0.25, 0.3) is 0 Å². The standard InChI is InChI=1S/C7H9BrO3/c1-11-7(10)3-6(9)4-2-5(4)8/h4-5H,2-3H2,1H3. The van der Waals surface area contributed by atoms with E-state index in [9.17, 15) is 9.59 Å². The fraction of sp³-hybridized carbons (Fsp3) is 0.714. The molecule has 0 saturated heterocycles. The summed E-state index contributed by atoms with van der Waals surface area (Å²) in [5.74, 6) is -0.408. The van der Waals surface area contributed by atoms with Crippen LogP contribution < -0.4 is 0 Å². The van der Waals surface area contributed by atoms with Crippen molar-refractivity contribution >= 4 is 27.7 Å². The molecule has 0 aromatic heterocycles. The Morgan fingerprint density at radius 1 is 1.64 bits per heavy atom. The Hall–Kier alpha value is -0.380. The Bertz CT molecular complexity index is 190. The third-order valence-electron chi connectivity index (χ3n) is 1.67. The van der Waals surface area contributed by atoms with Crippen molar-refractivity contribution in [3.05, 3.63) is 0 Å². The minimum Gasteiger partial charge on any atom is -0.469 e. The molecule has 0 amide bonds. The van der Waals surface area contributed by atoms with Gasteiger partial charge >= 0.3 is 5.97 Å². The molecule has 62 valence electrons. The highest BCUT2D eigenvalue weighted by molar-refractivity contribution is 9.09. The van der Waals surface area contributed by atoms with Crippen molar-refractivity contribution in [1.82, 2.24) is 0 Å². The van der Waals surface area contributed by atoms with E-state index in [0.717, 1.165) is 6.42 Å². The maximum absolute atomic E-state index is 11.1. The molecular weight excluding hydrogens is 212 g/mol. The number of esters is 1. The van der Waals surface area contributed by atoms with Gasteiger partial charge in [-0.1, -0.05) is 15.9 Å². The van der Waals surface area contributed by atoms with Crippen molar-refractivity contribution in [2.45, 2.75) is 17.7 Å². The summed E-state index contributed by atoms with van der Waals surface area (Å²) < 4.78 is 4.36. The molecule has 1 rings (SSSR count). The molecule has 1 saturated carbocycles. The number of carbonyl (C=O) groups is 2. The molecule has 0 radical (unpaired) electrons. The molecule has 1 fully saturated rings. The molecule has 1 aliphatic rings. The van der Waals surface area contributed by atoms with Crippen LogP contribution in [0.2, 0.25) is 0 Å². The van der Waals surface area contributed by atoms with E-state index in [0.29, 0.717) is 4.83 Å². The van der Waals surface area contributed by atoms with E-state index in [1.165, 1.54) is 7.11 Å². The van der Waals surface area contributed by atoms with Crippen LogP contribution in [0.25, 0.3) is 0 Å². The van der Waals surface area contributed by atoms with Gasteiger partial charge in [-0.25, -0.2) is 0 Å². The molecule has 4 heteroatoms. The molecule has 3 nitrogen and oxygen atoms in total. The van der Waals surface area contributed by atoms with E-state index in [4.69, 9.17) is 0 Å².